The number of hydrogen-bond acceptors (Lipinski definition) is 5. The van der Waals surface area contributed by atoms with Crippen LogP contribution in [0.1, 0.15) is 23.2 Å². The molecule has 1 aromatic rings. The lowest BCUT2D eigenvalue weighted by Gasteiger charge is -2.32. The number of rotatable bonds is 4. The molecule has 0 spiro atoms. The Morgan fingerprint density at radius 1 is 1.30 bits per heavy atom. The quantitative estimate of drug-likeness (QED) is 0.835. The predicted molar refractivity (Wildman–Crippen MR) is 83.3 cm³/mol. The number of carbonyl (C=O) groups is 2. The Bertz CT molecular complexity index is 605. The first-order chi connectivity index (χ1) is 11.2. The summed E-state index contributed by atoms with van der Waals surface area (Å²) in [6, 6.07) is 5.17. The fraction of sp³-hybridized carbons (Fsp3) is 0.500. The van der Waals surface area contributed by atoms with E-state index < -0.39 is 0 Å². The van der Waals surface area contributed by atoms with Gasteiger partial charge in [0.2, 0.25) is 12.7 Å². The number of fused-ring (bicyclic) bond motifs is 1. The van der Waals surface area contributed by atoms with Gasteiger partial charge in [0.05, 0.1) is 5.92 Å². The molecule has 1 unspecified atom stereocenters. The number of nitrogens with two attached hydrogens (primary N) is 1. The van der Waals surface area contributed by atoms with E-state index in [0.29, 0.717) is 43.2 Å². The van der Waals surface area contributed by atoms with Crippen molar-refractivity contribution in [1.82, 2.24) is 10.2 Å². The second kappa shape index (κ2) is 6.87. The van der Waals surface area contributed by atoms with E-state index in [1.165, 1.54) is 0 Å². The summed E-state index contributed by atoms with van der Waals surface area (Å²) < 4.78 is 10.6. The van der Waals surface area contributed by atoms with Crippen LogP contribution in [-0.2, 0) is 4.79 Å². The van der Waals surface area contributed by atoms with Gasteiger partial charge in [-0.15, -0.1) is 0 Å². The van der Waals surface area contributed by atoms with Gasteiger partial charge < -0.3 is 25.4 Å². The molecule has 2 aliphatic heterocycles. The molecule has 124 valence electrons. The Balaban J connectivity index is 1.66. The van der Waals surface area contributed by atoms with Crippen LogP contribution in [0.25, 0.3) is 0 Å². The lowest BCUT2D eigenvalue weighted by molar-refractivity contribution is -0.126. The molecule has 2 aliphatic rings. The average Bonchev–Trinajstić information content (AvgIpc) is 3.06. The van der Waals surface area contributed by atoms with Crippen molar-refractivity contribution in [2.24, 2.45) is 11.7 Å². The van der Waals surface area contributed by atoms with E-state index in [0.717, 1.165) is 12.8 Å². The fourth-order valence-electron chi connectivity index (χ4n) is 2.93. The molecule has 0 saturated carbocycles. The van der Waals surface area contributed by atoms with Gasteiger partial charge in [0, 0.05) is 31.7 Å². The van der Waals surface area contributed by atoms with Crippen molar-refractivity contribution in [2.75, 3.05) is 33.0 Å². The molecular weight excluding hydrogens is 298 g/mol. The predicted octanol–water partition coefficient (Wildman–Crippen LogP) is 0.342. The SMILES string of the molecule is NCCNC(=O)C1CCCN(C(=O)c2ccc3c(c2)OCO3)C1. The molecule has 1 atom stereocenters. The molecule has 0 radical (unpaired) electrons. The summed E-state index contributed by atoms with van der Waals surface area (Å²) in [5.41, 5.74) is 5.95. The number of nitrogens with zero attached hydrogens (tertiary/aromatic N) is 1. The van der Waals surface area contributed by atoms with Crippen molar-refractivity contribution in [3.05, 3.63) is 23.8 Å². The van der Waals surface area contributed by atoms with Crippen LogP contribution < -0.4 is 20.5 Å². The van der Waals surface area contributed by atoms with Crippen molar-refractivity contribution in [2.45, 2.75) is 12.8 Å². The number of benzene rings is 1. The van der Waals surface area contributed by atoms with E-state index in [4.69, 9.17) is 15.2 Å². The van der Waals surface area contributed by atoms with E-state index in [1.54, 1.807) is 23.1 Å². The van der Waals surface area contributed by atoms with Gasteiger partial charge in [-0.25, -0.2) is 0 Å². The average molecular weight is 319 g/mol. The molecule has 2 heterocycles. The van der Waals surface area contributed by atoms with Crippen molar-refractivity contribution in [3.8, 4) is 11.5 Å². The number of likely N-dealkylation sites (tertiary alicyclic amines) is 1. The van der Waals surface area contributed by atoms with E-state index >= 15 is 0 Å². The fourth-order valence-corrected chi connectivity index (χ4v) is 2.93. The first-order valence-corrected chi connectivity index (χ1v) is 7.85. The molecule has 2 amide bonds. The van der Waals surface area contributed by atoms with E-state index in [-0.39, 0.29) is 24.5 Å². The number of nitrogens with one attached hydrogen (secondary N) is 1. The topological polar surface area (TPSA) is 93.9 Å². The molecule has 7 heteroatoms. The third kappa shape index (κ3) is 3.39. The van der Waals surface area contributed by atoms with Gasteiger partial charge in [-0.1, -0.05) is 0 Å². The molecule has 7 nitrogen and oxygen atoms in total. The summed E-state index contributed by atoms with van der Waals surface area (Å²) in [6.45, 7) is 2.15. The second-order valence-corrected chi connectivity index (χ2v) is 5.74. The molecule has 1 saturated heterocycles. The van der Waals surface area contributed by atoms with Gasteiger partial charge in [0.1, 0.15) is 0 Å². The number of piperidine rings is 1. The van der Waals surface area contributed by atoms with Crippen LogP contribution in [0.3, 0.4) is 0 Å². The molecule has 0 aliphatic carbocycles. The van der Waals surface area contributed by atoms with Gasteiger partial charge >= 0.3 is 0 Å². The van der Waals surface area contributed by atoms with E-state index in [9.17, 15) is 9.59 Å². The summed E-state index contributed by atoms with van der Waals surface area (Å²) in [7, 11) is 0. The molecule has 23 heavy (non-hydrogen) atoms. The van der Waals surface area contributed by atoms with Gasteiger partial charge in [0.25, 0.3) is 5.91 Å². The first-order valence-electron chi connectivity index (χ1n) is 7.85. The highest BCUT2D eigenvalue weighted by atomic mass is 16.7. The Kier molecular flexibility index (Phi) is 4.66. The smallest absolute Gasteiger partial charge is 0.254 e. The van der Waals surface area contributed by atoms with Crippen molar-refractivity contribution in [1.29, 1.82) is 0 Å². The maximum Gasteiger partial charge on any atom is 0.254 e. The number of hydrogen-bond donors (Lipinski definition) is 2. The summed E-state index contributed by atoms with van der Waals surface area (Å²) in [5.74, 6) is 0.954. The van der Waals surface area contributed by atoms with Crippen LogP contribution in [0.15, 0.2) is 18.2 Å². The Hall–Kier alpha value is -2.28. The lowest BCUT2D eigenvalue weighted by Crippen LogP contribution is -2.46. The number of amides is 2. The Labute approximate surface area is 134 Å². The zero-order valence-corrected chi connectivity index (χ0v) is 12.9. The van der Waals surface area contributed by atoms with Crippen LogP contribution in [0, 0.1) is 5.92 Å². The molecule has 1 fully saturated rings. The number of carbonyl (C=O) groups excluding carboxylic acids is 2. The van der Waals surface area contributed by atoms with Crippen molar-refractivity contribution in [3.63, 3.8) is 0 Å². The van der Waals surface area contributed by atoms with Crippen LogP contribution in [0.5, 0.6) is 11.5 Å². The van der Waals surface area contributed by atoms with Crippen LogP contribution in [-0.4, -0.2) is 49.7 Å². The van der Waals surface area contributed by atoms with Crippen LogP contribution in [0.4, 0.5) is 0 Å². The first kappa shape index (κ1) is 15.6. The van der Waals surface area contributed by atoms with Crippen LogP contribution >= 0.6 is 0 Å². The normalized spacial score (nSPS) is 19.5. The maximum atomic E-state index is 12.7. The van der Waals surface area contributed by atoms with Gasteiger partial charge in [-0.3, -0.25) is 9.59 Å². The molecule has 0 aromatic heterocycles. The largest absolute Gasteiger partial charge is 0.454 e. The van der Waals surface area contributed by atoms with E-state index in [1.807, 2.05) is 0 Å². The summed E-state index contributed by atoms with van der Waals surface area (Å²) in [4.78, 5) is 26.5. The molecular formula is C16H21N3O4. The van der Waals surface area contributed by atoms with Gasteiger partial charge in [-0.05, 0) is 31.0 Å². The third-order valence-corrected chi connectivity index (χ3v) is 4.14. The van der Waals surface area contributed by atoms with Gasteiger partial charge in [-0.2, -0.15) is 0 Å². The Morgan fingerprint density at radius 2 is 2.13 bits per heavy atom. The minimum absolute atomic E-state index is 0.0290. The zero-order chi connectivity index (χ0) is 16.2. The standard InChI is InChI=1S/C16H21N3O4/c17-5-6-18-15(20)12-2-1-7-19(9-12)16(21)11-3-4-13-14(8-11)23-10-22-13/h3-4,8,12H,1-2,5-7,9-10,17H2,(H,18,20). The zero-order valence-electron chi connectivity index (χ0n) is 12.9. The highest BCUT2D eigenvalue weighted by Crippen LogP contribution is 2.33. The molecule has 1 aromatic carbocycles. The summed E-state index contributed by atoms with van der Waals surface area (Å²) in [5, 5.41) is 2.80. The summed E-state index contributed by atoms with van der Waals surface area (Å²) in [6.07, 6.45) is 1.61. The lowest BCUT2D eigenvalue weighted by atomic mass is 9.96. The minimum Gasteiger partial charge on any atom is -0.454 e. The van der Waals surface area contributed by atoms with Crippen molar-refractivity contribution < 1.29 is 19.1 Å². The Morgan fingerprint density at radius 3 is 2.96 bits per heavy atom. The van der Waals surface area contributed by atoms with E-state index in [2.05, 4.69) is 5.32 Å². The molecule has 3 N–H and O–H groups in total. The van der Waals surface area contributed by atoms with Crippen molar-refractivity contribution >= 4 is 11.8 Å². The highest BCUT2D eigenvalue weighted by molar-refractivity contribution is 5.95. The van der Waals surface area contributed by atoms with Gasteiger partial charge in [0.15, 0.2) is 11.5 Å². The molecule has 0 bridgehead atoms. The molecule has 3 rings (SSSR count). The van der Waals surface area contributed by atoms with Crippen LogP contribution in [0.2, 0.25) is 0 Å². The monoisotopic (exact) mass is 319 g/mol. The number of ether oxygens (including phenoxy) is 2. The highest BCUT2D eigenvalue weighted by Gasteiger charge is 2.29. The maximum absolute atomic E-state index is 12.7. The second-order valence-electron chi connectivity index (χ2n) is 5.74. The minimum atomic E-state index is -0.173. The third-order valence-electron chi connectivity index (χ3n) is 4.14. The summed E-state index contributed by atoms with van der Waals surface area (Å²) >= 11 is 0.